The van der Waals surface area contributed by atoms with Crippen molar-refractivity contribution in [2.75, 3.05) is 0 Å². The highest BCUT2D eigenvalue weighted by Gasteiger charge is 2.17. The average molecular weight is 353 g/mol. The molecule has 0 atom stereocenters. The molecule has 3 aromatic rings. The first-order chi connectivity index (χ1) is 12.1. The number of thiazole rings is 1. The molecule has 0 fully saturated rings. The van der Waals surface area contributed by atoms with E-state index >= 15 is 0 Å². The summed E-state index contributed by atoms with van der Waals surface area (Å²) in [4.78, 5) is 29.1. The largest absolute Gasteiger partial charge is 0.507 e. The van der Waals surface area contributed by atoms with E-state index in [4.69, 9.17) is 0 Å². The van der Waals surface area contributed by atoms with Crippen molar-refractivity contribution in [2.24, 2.45) is 0 Å². The number of amides is 2. The van der Waals surface area contributed by atoms with Crippen LogP contribution in [0.25, 0.3) is 10.6 Å². The normalized spacial score (nSPS) is 10.3. The van der Waals surface area contributed by atoms with Gasteiger partial charge >= 0.3 is 0 Å². The summed E-state index contributed by atoms with van der Waals surface area (Å²) in [6.07, 6.45) is 0. The summed E-state index contributed by atoms with van der Waals surface area (Å²) in [5.74, 6) is -1.22. The van der Waals surface area contributed by atoms with Crippen LogP contribution in [-0.4, -0.2) is 21.9 Å². The van der Waals surface area contributed by atoms with Crippen molar-refractivity contribution in [3.05, 3.63) is 70.7 Å². The molecule has 0 saturated heterocycles. The summed E-state index contributed by atoms with van der Waals surface area (Å²) >= 11 is 1.25. The van der Waals surface area contributed by atoms with Gasteiger partial charge in [0.25, 0.3) is 11.8 Å². The quantitative estimate of drug-likeness (QED) is 0.632. The van der Waals surface area contributed by atoms with E-state index < -0.39 is 11.8 Å². The first-order valence-corrected chi connectivity index (χ1v) is 8.29. The number of phenols is 1. The van der Waals surface area contributed by atoms with Gasteiger partial charge in [-0.15, -0.1) is 11.3 Å². The van der Waals surface area contributed by atoms with Crippen LogP contribution in [0.1, 0.15) is 25.7 Å². The monoisotopic (exact) mass is 353 g/mol. The van der Waals surface area contributed by atoms with E-state index in [1.807, 2.05) is 30.3 Å². The second kappa shape index (κ2) is 7.14. The first-order valence-electron chi connectivity index (χ1n) is 7.48. The van der Waals surface area contributed by atoms with E-state index in [0.29, 0.717) is 10.6 Å². The van der Waals surface area contributed by atoms with E-state index in [1.165, 1.54) is 23.5 Å². The summed E-state index contributed by atoms with van der Waals surface area (Å²) in [5.41, 5.74) is 6.23. The van der Waals surface area contributed by atoms with Crippen LogP contribution in [0.5, 0.6) is 5.75 Å². The molecule has 25 heavy (non-hydrogen) atoms. The molecular weight excluding hydrogens is 338 g/mol. The van der Waals surface area contributed by atoms with Crippen LogP contribution in [0.4, 0.5) is 0 Å². The highest BCUT2D eigenvalue weighted by molar-refractivity contribution is 7.17. The summed E-state index contributed by atoms with van der Waals surface area (Å²) < 4.78 is 0. The Balaban J connectivity index is 1.71. The zero-order valence-corrected chi connectivity index (χ0v) is 14.1. The van der Waals surface area contributed by atoms with Crippen molar-refractivity contribution < 1.29 is 14.7 Å². The standard InChI is InChI=1S/C18H15N3O3S/c1-11-15(25-18(19-11)12-7-3-2-4-8-12)17(24)21-20-16(23)13-9-5-6-10-14(13)22/h2-10,22H,1H3,(H,20,23)(H,21,24). The molecular formula is C18H15N3O3S. The predicted molar refractivity (Wildman–Crippen MR) is 95.3 cm³/mol. The number of hydrogen-bond acceptors (Lipinski definition) is 5. The Morgan fingerprint density at radius 1 is 0.960 bits per heavy atom. The second-order valence-electron chi connectivity index (χ2n) is 5.22. The number of benzene rings is 2. The third kappa shape index (κ3) is 3.67. The second-order valence-corrected chi connectivity index (χ2v) is 6.22. The maximum absolute atomic E-state index is 12.3. The van der Waals surface area contributed by atoms with Crippen LogP contribution in [0.15, 0.2) is 54.6 Å². The Labute approximate surface area is 148 Å². The fourth-order valence-electron chi connectivity index (χ4n) is 2.21. The molecule has 0 saturated carbocycles. The van der Waals surface area contributed by atoms with Crippen LogP contribution < -0.4 is 10.9 Å². The third-order valence-electron chi connectivity index (χ3n) is 3.46. The molecule has 0 radical (unpaired) electrons. The molecule has 3 N–H and O–H groups in total. The van der Waals surface area contributed by atoms with E-state index in [2.05, 4.69) is 15.8 Å². The lowest BCUT2D eigenvalue weighted by Gasteiger charge is -2.07. The van der Waals surface area contributed by atoms with Gasteiger partial charge in [-0.05, 0) is 19.1 Å². The number of aryl methyl sites for hydroxylation is 1. The number of hydrazine groups is 1. The number of rotatable bonds is 3. The Kier molecular flexibility index (Phi) is 4.76. The van der Waals surface area contributed by atoms with Gasteiger partial charge in [0.2, 0.25) is 0 Å². The fourth-order valence-corrected chi connectivity index (χ4v) is 3.18. The first kappa shape index (κ1) is 16.7. The van der Waals surface area contributed by atoms with Crippen LogP contribution >= 0.6 is 11.3 Å². The summed E-state index contributed by atoms with van der Waals surface area (Å²) in [5, 5.41) is 10.4. The maximum atomic E-state index is 12.3. The zero-order chi connectivity index (χ0) is 17.8. The minimum Gasteiger partial charge on any atom is -0.507 e. The summed E-state index contributed by atoms with van der Waals surface area (Å²) in [6, 6.07) is 15.6. The van der Waals surface area contributed by atoms with E-state index in [0.717, 1.165) is 10.6 Å². The Hall–Kier alpha value is -3.19. The lowest BCUT2D eigenvalue weighted by atomic mass is 10.2. The molecule has 0 bridgehead atoms. The molecule has 0 unspecified atom stereocenters. The Morgan fingerprint density at radius 3 is 2.32 bits per heavy atom. The summed E-state index contributed by atoms with van der Waals surface area (Å²) in [7, 11) is 0. The smallest absolute Gasteiger partial charge is 0.281 e. The highest BCUT2D eigenvalue weighted by atomic mass is 32.1. The molecule has 1 aromatic heterocycles. The van der Waals surface area contributed by atoms with Gasteiger partial charge in [-0.2, -0.15) is 0 Å². The minimum absolute atomic E-state index is 0.0776. The highest BCUT2D eigenvalue weighted by Crippen LogP contribution is 2.27. The molecule has 126 valence electrons. The van der Waals surface area contributed by atoms with Gasteiger partial charge in [0.15, 0.2) is 0 Å². The third-order valence-corrected chi connectivity index (χ3v) is 4.67. The van der Waals surface area contributed by atoms with E-state index in [9.17, 15) is 14.7 Å². The average Bonchev–Trinajstić information content (AvgIpc) is 3.02. The van der Waals surface area contributed by atoms with Crippen molar-refractivity contribution in [2.45, 2.75) is 6.92 Å². The molecule has 3 rings (SSSR count). The topological polar surface area (TPSA) is 91.3 Å². The van der Waals surface area contributed by atoms with E-state index in [-0.39, 0.29) is 11.3 Å². The van der Waals surface area contributed by atoms with Crippen LogP contribution in [-0.2, 0) is 0 Å². The van der Waals surface area contributed by atoms with Crippen molar-refractivity contribution in [1.82, 2.24) is 15.8 Å². The van der Waals surface area contributed by atoms with Gasteiger partial charge in [0, 0.05) is 5.56 Å². The van der Waals surface area contributed by atoms with Gasteiger partial charge in [0.1, 0.15) is 15.6 Å². The molecule has 7 heteroatoms. The summed E-state index contributed by atoms with van der Waals surface area (Å²) in [6.45, 7) is 1.74. The van der Waals surface area contributed by atoms with Crippen molar-refractivity contribution >= 4 is 23.2 Å². The van der Waals surface area contributed by atoms with Gasteiger partial charge in [-0.1, -0.05) is 42.5 Å². The Morgan fingerprint density at radius 2 is 1.60 bits per heavy atom. The predicted octanol–water partition coefficient (Wildman–Crippen LogP) is 2.90. The Bertz CT molecular complexity index is 922. The van der Waals surface area contributed by atoms with Crippen molar-refractivity contribution in [3.63, 3.8) is 0 Å². The molecule has 0 spiro atoms. The number of phenolic OH excluding ortho intramolecular Hbond substituents is 1. The lowest BCUT2D eigenvalue weighted by Crippen LogP contribution is -2.41. The SMILES string of the molecule is Cc1nc(-c2ccccc2)sc1C(=O)NNC(=O)c1ccccc1O. The molecule has 0 aliphatic rings. The van der Waals surface area contributed by atoms with Gasteiger partial charge < -0.3 is 5.11 Å². The van der Waals surface area contributed by atoms with Gasteiger partial charge in [-0.3, -0.25) is 20.4 Å². The number of carbonyl (C=O) groups is 2. The number of aromatic hydroxyl groups is 1. The van der Waals surface area contributed by atoms with Crippen LogP contribution in [0, 0.1) is 6.92 Å². The number of nitrogens with zero attached hydrogens (tertiary/aromatic N) is 1. The van der Waals surface area contributed by atoms with Gasteiger partial charge in [-0.25, -0.2) is 4.98 Å². The molecule has 1 heterocycles. The molecule has 6 nitrogen and oxygen atoms in total. The van der Waals surface area contributed by atoms with Crippen LogP contribution in [0.2, 0.25) is 0 Å². The lowest BCUT2D eigenvalue weighted by molar-refractivity contribution is 0.0846. The number of para-hydroxylation sites is 1. The zero-order valence-electron chi connectivity index (χ0n) is 13.3. The number of carbonyl (C=O) groups excluding carboxylic acids is 2. The van der Waals surface area contributed by atoms with E-state index in [1.54, 1.807) is 19.1 Å². The fraction of sp³-hybridized carbons (Fsp3) is 0.0556. The van der Waals surface area contributed by atoms with Crippen LogP contribution in [0.3, 0.4) is 0 Å². The van der Waals surface area contributed by atoms with Gasteiger partial charge in [0.05, 0.1) is 11.3 Å². The molecule has 2 aromatic carbocycles. The van der Waals surface area contributed by atoms with Crippen molar-refractivity contribution in [3.8, 4) is 16.3 Å². The molecule has 2 amide bonds. The van der Waals surface area contributed by atoms with Crippen molar-refractivity contribution in [1.29, 1.82) is 0 Å². The maximum Gasteiger partial charge on any atom is 0.281 e. The molecule has 0 aliphatic carbocycles. The number of aromatic nitrogens is 1. The number of nitrogens with one attached hydrogen (secondary N) is 2. The molecule has 0 aliphatic heterocycles. The number of hydrogen-bond donors (Lipinski definition) is 3. The minimum atomic E-state index is -0.600.